The van der Waals surface area contributed by atoms with Gasteiger partial charge < -0.3 is 15.8 Å². The van der Waals surface area contributed by atoms with E-state index in [9.17, 15) is 4.39 Å². The van der Waals surface area contributed by atoms with Gasteiger partial charge in [-0.3, -0.25) is 0 Å². The SMILES string of the molecule is COc1ccc(NC(C)(CN)Cc2ccccc2F)cc1. The number of halogens is 1. The van der Waals surface area contributed by atoms with Crippen molar-refractivity contribution in [3.8, 4) is 5.75 Å². The molecule has 0 aliphatic rings. The maximum Gasteiger partial charge on any atom is 0.126 e. The highest BCUT2D eigenvalue weighted by atomic mass is 19.1. The minimum absolute atomic E-state index is 0.200. The third kappa shape index (κ3) is 3.95. The molecule has 2 aromatic carbocycles. The third-order valence-corrected chi connectivity index (χ3v) is 3.53. The Hall–Kier alpha value is -2.07. The average molecular weight is 288 g/mol. The number of hydrogen-bond acceptors (Lipinski definition) is 3. The molecular formula is C17H21FN2O. The molecule has 0 fully saturated rings. The lowest BCUT2D eigenvalue weighted by Crippen LogP contribution is -2.44. The zero-order valence-corrected chi connectivity index (χ0v) is 12.4. The largest absolute Gasteiger partial charge is 0.497 e. The van der Waals surface area contributed by atoms with Crippen LogP contribution >= 0.6 is 0 Å². The monoisotopic (exact) mass is 288 g/mol. The Morgan fingerprint density at radius 1 is 1.14 bits per heavy atom. The van der Waals surface area contributed by atoms with E-state index in [2.05, 4.69) is 5.32 Å². The van der Waals surface area contributed by atoms with Crippen LogP contribution in [0.2, 0.25) is 0 Å². The first kappa shape index (κ1) is 15.3. The van der Waals surface area contributed by atoms with E-state index in [0.717, 1.165) is 11.4 Å². The summed E-state index contributed by atoms with van der Waals surface area (Å²) in [5, 5.41) is 3.38. The highest BCUT2D eigenvalue weighted by Gasteiger charge is 2.24. The molecule has 0 saturated heterocycles. The van der Waals surface area contributed by atoms with E-state index in [-0.39, 0.29) is 5.82 Å². The molecule has 21 heavy (non-hydrogen) atoms. The van der Waals surface area contributed by atoms with Crippen LogP contribution in [0.5, 0.6) is 5.75 Å². The van der Waals surface area contributed by atoms with Crippen molar-refractivity contribution in [2.75, 3.05) is 19.0 Å². The standard InChI is InChI=1S/C17H21FN2O/c1-17(12-19,11-13-5-3-4-6-16(13)18)20-14-7-9-15(21-2)10-8-14/h3-10,20H,11-12,19H2,1-2H3. The lowest BCUT2D eigenvalue weighted by Gasteiger charge is -2.31. The van der Waals surface area contributed by atoms with Crippen LogP contribution in [0.25, 0.3) is 0 Å². The Kier molecular flexibility index (Phi) is 4.81. The topological polar surface area (TPSA) is 47.3 Å². The summed E-state index contributed by atoms with van der Waals surface area (Å²) in [6.07, 6.45) is 0.516. The van der Waals surface area contributed by atoms with Crippen LogP contribution in [0, 0.1) is 5.82 Å². The molecule has 1 atom stereocenters. The molecule has 0 amide bonds. The molecule has 2 rings (SSSR count). The van der Waals surface area contributed by atoms with Crippen molar-refractivity contribution in [2.45, 2.75) is 18.9 Å². The van der Waals surface area contributed by atoms with Gasteiger partial charge in [0, 0.05) is 12.2 Å². The molecule has 0 aromatic heterocycles. The van der Waals surface area contributed by atoms with Crippen molar-refractivity contribution < 1.29 is 9.13 Å². The van der Waals surface area contributed by atoms with Gasteiger partial charge in [-0.2, -0.15) is 0 Å². The van der Waals surface area contributed by atoms with E-state index in [1.807, 2.05) is 37.3 Å². The van der Waals surface area contributed by atoms with Gasteiger partial charge in [0.05, 0.1) is 12.6 Å². The summed E-state index contributed by atoms with van der Waals surface area (Å²) in [4.78, 5) is 0. The van der Waals surface area contributed by atoms with Crippen LogP contribution in [0.1, 0.15) is 12.5 Å². The second-order valence-corrected chi connectivity index (χ2v) is 5.39. The van der Waals surface area contributed by atoms with Gasteiger partial charge in [-0.1, -0.05) is 18.2 Å². The zero-order valence-electron chi connectivity index (χ0n) is 12.4. The van der Waals surface area contributed by atoms with E-state index in [0.29, 0.717) is 18.5 Å². The predicted octanol–water partition coefficient (Wildman–Crippen LogP) is 3.21. The summed E-state index contributed by atoms with van der Waals surface area (Å²) in [5.41, 5.74) is 7.07. The van der Waals surface area contributed by atoms with Gasteiger partial charge in [0.1, 0.15) is 11.6 Å². The smallest absolute Gasteiger partial charge is 0.126 e. The molecule has 3 nitrogen and oxygen atoms in total. The molecule has 0 spiro atoms. The number of ether oxygens (including phenoxy) is 1. The fourth-order valence-corrected chi connectivity index (χ4v) is 2.25. The number of hydrogen-bond donors (Lipinski definition) is 2. The summed E-state index contributed by atoms with van der Waals surface area (Å²) < 4.78 is 18.9. The summed E-state index contributed by atoms with van der Waals surface area (Å²) >= 11 is 0. The number of benzene rings is 2. The van der Waals surface area contributed by atoms with Crippen LogP contribution in [-0.2, 0) is 6.42 Å². The molecule has 0 bridgehead atoms. The second-order valence-electron chi connectivity index (χ2n) is 5.39. The Labute approximate surface area is 124 Å². The van der Waals surface area contributed by atoms with E-state index in [4.69, 9.17) is 10.5 Å². The van der Waals surface area contributed by atoms with Crippen molar-refractivity contribution in [1.82, 2.24) is 0 Å². The van der Waals surface area contributed by atoms with E-state index < -0.39 is 5.54 Å². The number of anilines is 1. The van der Waals surface area contributed by atoms with Crippen molar-refractivity contribution in [1.29, 1.82) is 0 Å². The van der Waals surface area contributed by atoms with Crippen LogP contribution in [0.3, 0.4) is 0 Å². The first-order valence-electron chi connectivity index (χ1n) is 6.92. The van der Waals surface area contributed by atoms with Crippen molar-refractivity contribution >= 4 is 5.69 Å². The first-order chi connectivity index (χ1) is 10.1. The highest BCUT2D eigenvalue weighted by Crippen LogP contribution is 2.22. The fourth-order valence-electron chi connectivity index (χ4n) is 2.25. The molecule has 4 heteroatoms. The fraction of sp³-hybridized carbons (Fsp3) is 0.294. The van der Waals surface area contributed by atoms with Gasteiger partial charge in [-0.05, 0) is 49.2 Å². The van der Waals surface area contributed by atoms with Crippen molar-refractivity contribution in [2.24, 2.45) is 5.73 Å². The van der Waals surface area contributed by atoms with E-state index in [1.54, 1.807) is 19.2 Å². The Morgan fingerprint density at radius 3 is 2.38 bits per heavy atom. The molecule has 112 valence electrons. The van der Waals surface area contributed by atoms with E-state index in [1.165, 1.54) is 6.07 Å². The number of nitrogens with two attached hydrogens (primary N) is 1. The molecule has 3 N–H and O–H groups in total. The summed E-state index contributed by atoms with van der Waals surface area (Å²) in [7, 11) is 1.63. The summed E-state index contributed by atoms with van der Waals surface area (Å²) in [6, 6.07) is 14.4. The maximum atomic E-state index is 13.8. The molecule has 0 saturated carbocycles. The number of nitrogens with one attached hydrogen (secondary N) is 1. The zero-order chi connectivity index (χ0) is 15.3. The van der Waals surface area contributed by atoms with E-state index >= 15 is 0 Å². The molecule has 0 aliphatic carbocycles. The molecule has 0 heterocycles. The highest BCUT2D eigenvalue weighted by molar-refractivity contribution is 5.48. The Bertz CT molecular complexity index is 586. The Balaban J connectivity index is 2.14. The lowest BCUT2D eigenvalue weighted by molar-refractivity contribution is 0.415. The Morgan fingerprint density at radius 2 is 1.81 bits per heavy atom. The molecule has 2 aromatic rings. The average Bonchev–Trinajstić information content (AvgIpc) is 2.50. The summed E-state index contributed by atoms with van der Waals surface area (Å²) in [6.45, 7) is 2.39. The van der Waals surface area contributed by atoms with Gasteiger partial charge in [0.25, 0.3) is 0 Å². The normalized spacial score (nSPS) is 13.5. The van der Waals surface area contributed by atoms with Crippen LogP contribution in [-0.4, -0.2) is 19.2 Å². The lowest BCUT2D eigenvalue weighted by atomic mass is 9.92. The predicted molar refractivity (Wildman–Crippen MR) is 84.2 cm³/mol. The number of rotatable bonds is 6. The van der Waals surface area contributed by atoms with Crippen molar-refractivity contribution in [3.63, 3.8) is 0 Å². The van der Waals surface area contributed by atoms with Crippen LogP contribution in [0.15, 0.2) is 48.5 Å². The van der Waals surface area contributed by atoms with Crippen LogP contribution in [0.4, 0.5) is 10.1 Å². The molecule has 0 radical (unpaired) electrons. The van der Waals surface area contributed by atoms with Gasteiger partial charge in [0.15, 0.2) is 0 Å². The second kappa shape index (κ2) is 6.59. The van der Waals surface area contributed by atoms with Gasteiger partial charge in [-0.15, -0.1) is 0 Å². The first-order valence-corrected chi connectivity index (χ1v) is 6.92. The van der Waals surface area contributed by atoms with Gasteiger partial charge in [-0.25, -0.2) is 4.39 Å². The minimum Gasteiger partial charge on any atom is -0.497 e. The van der Waals surface area contributed by atoms with Crippen LogP contribution < -0.4 is 15.8 Å². The third-order valence-electron chi connectivity index (χ3n) is 3.53. The maximum absolute atomic E-state index is 13.8. The molecule has 1 unspecified atom stereocenters. The van der Waals surface area contributed by atoms with Gasteiger partial charge in [0.2, 0.25) is 0 Å². The number of methoxy groups -OCH3 is 1. The summed E-state index contributed by atoms with van der Waals surface area (Å²) in [5.74, 6) is 0.595. The molecule has 0 aliphatic heterocycles. The quantitative estimate of drug-likeness (QED) is 0.858. The van der Waals surface area contributed by atoms with Crippen molar-refractivity contribution in [3.05, 3.63) is 59.9 Å². The molecular weight excluding hydrogens is 267 g/mol. The van der Waals surface area contributed by atoms with Gasteiger partial charge >= 0.3 is 0 Å². The minimum atomic E-state index is -0.420.